The van der Waals surface area contributed by atoms with E-state index in [-0.39, 0.29) is 11.8 Å². The highest BCUT2D eigenvalue weighted by molar-refractivity contribution is 5.99. The van der Waals surface area contributed by atoms with E-state index in [1.807, 2.05) is 18.2 Å². The Morgan fingerprint density at radius 1 is 1.25 bits per heavy atom. The number of Topliss-reactive ketones (excluding diaryl/α,β-unsaturated/α-hetero) is 1. The molecule has 1 aliphatic carbocycles. The first-order chi connectivity index (χ1) is 9.75. The number of ether oxygens (including phenoxy) is 1. The van der Waals surface area contributed by atoms with Gasteiger partial charge >= 0.3 is 6.03 Å². The van der Waals surface area contributed by atoms with Gasteiger partial charge in [0.1, 0.15) is 12.4 Å². The van der Waals surface area contributed by atoms with Crippen molar-refractivity contribution in [2.75, 3.05) is 26.2 Å². The number of carbonyl (C=O) groups is 2. The summed E-state index contributed by atoms with van der Waals surface area (Å²) < 4.78 is 5.79. The Balaban J connectivity index is 1.64. The van der Waals surface area contributed by atoms with Crippen molar-refractivity contribution in [1.82, 2.24) is 10.2 Å². The van der Waals surface area contributed by atoms with Crippen LogP contribution in [-0.2, 0) is 6.42 Å². The maximum absolute atomic E-state index is 11.8. The molecule has 1 fully saturated rings. The standard InChI is InChI=1S/C15H18N2O3/c18-13-5-1-4-12-11(13)3-2-6-14(12)20-10-9-17-8-7-16-15(17)19/h2-3,6H,1,4-5,7-10H2,(H,16,19). The van der Waals surface area contributed by atoms with Crippen LogP contribution in [0.3, 0.4) is 0 Å². The second kappa shape index (κ2) is 5.53. The van der Waals surface area contributed by atoms with Gasteiger partial charge in [-0.15, -0.1) is 0 Å². The van der Waals surface area contributed by atoms with Gasteiger partial charge in [-0.1, -0.05) is 12.1 Å². The third-order valence-electron chi connectivity index (χ3n) is 3.83. The van der Waals surface area contributed by atoms with Crippen LogP contribution < -0.4 is 10.1 Å². The van der Waals surface area contributed by atoms with Crippen molar-refractivity contribution >= 4 is 11.8 Å². The molecule has 1 saturated heterocycles. The van der Waals surface area contributed by atoms with Crippen LogP contribution in [0, 0.1) is 0 Å². The fourth-order valence-electron chi connectivity index (χ4n) is 2.77. The number of fused-ring (bicyclic) bond motifs is 1. The SMILES string of the molecule is O=C1CCCc2c(OCCN3CCNC3=O)cccc21. The summed E-state index contributed by atoms with van der Waals surface area (Å²) in [5, 5.41) is 2.76. The van der Waals surface area contributed by atoms with Gasteiger partial charge in [0.25, 0.3) is 0 Å². The third kappa shape index (κ3) is 2.48. The molecule has 0 spiro atoms. The van der Waals surface area contributed by atoms with Crippen molar-refractivity contribution in [2.45, 2.75) is 19.3 Å². The molecule has 3 rings (SSSR count). The van der Waals surface area contributed by atoms with Crippen LogP contribution in [0.2, 0.25) is 0 Å². The topological polar surface area (TPSA) is 58.6 Å². The molecule has 0 atom stereocenters. The third-order valence-corrected chi connectivity index (χ3v) is 3.83. The van der Waals surface area contributed by atoms with Gasteiger partial charge in [-0.2, -0.15) is 0 Å². The number of nitrogens with one attached hydrogen (secondary N) is 1. The zero-order valence-corrected chi connectivity index (χ0v) is 11.4. The van der Waals surface area contributed by atoms with Crippen LogP contribution in [-0.4, -0.2) is 43.0 Å². The summed E-state index contributed by atoms with van der Waals surface area (Å²) in [6.45, 7) is 2.46. The summed E-state index contributed by atoms with van der Waals surface area (Å²) in [4.78, 5) is 25.0. The molecule has 20 heavy (non-hydrogen) atoms. The van der Waals surface area contributed by atoms with Crippen LogP contribution in [0.5, 0.6) is 5.75 Å². The van der Waals surface area contributed by atoms with Gasteiger partial charge in [-0.25, -0.2) is 4.79 Å². The van der Waals surface area contributed by atoms with E-state index in [2.05, 4.69) is 5.32 Å². The molecule has 1 heterocycles. The van der Waals surface area contributed by atoms with Crippen LogP contribution in [0.4, 0.5) is 4.79 Å². The number of hydrogen-bond acceptors (Lipinski definition) is 3. The molecule has 5 nitrogen and oxygen atoms in total. The lowest BCUT2D eigenvalue weighted by Gasteiger charge is -2.20. The molecule has 106 valence electrons. The lowest BCUT2D eigenvalue weighted by Crippen LogP contribution is -2.32. The number of urea groups is 1. The van der Waals surface area contributed by atoms with Crippen molar-refractivity contribution < 1.29 is 14.3 Å². The Kier molecular flexibility index (Phi) is 3.58. The lowest BCUT2D eigenvalue weighted by atomic mass is 9.90. The predicted octanol–water partition coefficient (Wildman–Crippen LogP) is 1.61. The lowest BCUT2D eigenvalue weighted by molar-refractivity contribution is 0.0971. The molecule has 0 unspecified atom stereocenters. The molecule has 0 bridgehead atoms. The number of nitrogens with zero attached hydrogens (tertiary/aromatic N) is 1. The smallest absolute Gasteiger partial charge is 0.317 e. The first-order valence-corrected chi connectivity index (χ1v) is 7.06. The summed E-state index contributed by atoms with van der Waals surface area (Å²) >= 11 is 0. The van der Waals surface area contributed by atoms with Gasteiger partial charge in [0.15, 0.2) is 5.78 Å². The molecule has 0 aromatic heterocycles. The van der Waals surface area contributed by atoms with Gasteiger partial charge in [-0.3, -0.25) is 4.79 Å². The maximum atomic E-state index is 11.8. The van der Waals surface area contributed by atoms with E-state index in [0.717, 1.165) is 36.3 Å². The fourth-order valence-corrected chi connectivity index (χ4v) is 2.77. The molecular formula is C15H18N2O3. The van der Waals surface area contributed by atoms with E-state index in [4.69, 9.17) is 4.74 Å². The first-order valence-electron chi connectivity index (χ1n) is 7.06. The highest BCUT2D eigenvalue weighted by atomic mass is 16.5. The van der Waals surface area contributed by atoms with Crippen molar-refractivity contribution in [1.29, 1.82) is 0 Å². The van der Waals surface area contributed by atoms with Crippen molar-refractivity contribution in [3.8, 4) is 5.75 Å². The Morgan fingerprint density at radius 2 is 2.15 bits per heavy atom. The quantitative estimate of drug-likeness (QED) is 0.907. The molecule has 2 amide bonds. The molecule has 1 aliphatic heterocycles. The molecule has 5 heteroatoms. The fraction of sp³-hybridized carbons (Fsp3) is 0.467. The van der Waals surface area contributed by atoms with Crippen molar-refractivity contribution in [3.05, 3.63) is 29.3 Å². The Labute approximate surface area is 117 Å². The zero-order chi connectivity index (χ0) is 13.9. The van der Waals surface area contributed by atoms with Crippen molar-refractivity contribution in [2.24, 2.45) is 0 Å². The number of hydrogen-bond donors (Lipinski definition) is 1. The maximum Gasteiger partial charge on any atom is 0.317 e. The average molecular weight is 274 g/mol. The minimum Gasteiger partial charge on any atom is -0.491 e. The Hall–Kier alpha value is -2.04. The zero-order valence-electron chi connectivity index (χ0n) is 11.4. The first kappa shape index (κ1) is 13.0. The molecule has 1 aromatic carbocycles. The molecule has 2 aliphatic rings. The highest BCUT2D eigenvalue weighted by Gasteiger charge is 2.21. The predicted molar refractivity (Wildman–Crippen MR) is 74.2 cm³/mol. The van der Waals surface area contributed by atoms with Gasteiger partial charge in [0, 0.05) is 30.6 Å². The van der Waals surface area contributed by atoms with Gasteiger partial charge in [0.2, 0.25) is 0 Å². The summed E-state index contributed by atoms with van der Waals surface area (Å²) in [7, 11) is 0. The minimum atomic E-state index is -0.0288. The number of benzene rings is 1. The van der Waals surface area contributed by atoms with Crippen LogP contribution in [0.25, 0.3) is 0 Å². The Bertz CT molecular complexity index is 542. The minimum absolute atomic E-state index is 0.0288. The molecule has 1 N–H and O–H groups in total. The molecular weight excluding hydrogens is 256 g/mol. The summed E-state index contributed by atoms with van der Waals surface area (Å²) in [6.07, 6.45) is 2.41. The van der Waals surface area contributed by atoms with Crippen molar-refractivity contribution in [3.63, 3.8) is 0 Å². The van der Waals surface area contributed by atoms with Gasteiger partial charge in [-0.05, 0) is 18.9 Å². The average Bonchev–Trinajstić information content (AvgIpc) is 2.86. The molecule has 0 saturated carbocycles. The van der Waals surface area contributed by atoms with E-state index in [0.29, 0.717) is 26.1 Å². The summed E-state index contributed by atoms with van der Waals surface area (Å²) in [5.74, 6) is 0.991. The molecule has 1 aromatic rings. The normalized spacial score (nSPS) is 17.9. The van der Waals surface area contributed by atoms with Crippen LogP contribution in [0.1, 0.15) is 28.8 Å². The monoisotopic (exact) mass is 274 g/mol. The van der Waals surface area contributed by atoms with E-state index in [1.165, 1.54) is 0 Å². The number of ketones is 1. The summed E-state index contributed by atoms with van der Waals surface area (Å²) in [5.41, 5.74) is 1.82. The second-order valence-electron chi connectivity index (χ2n) is 5.13. The van der Waals surface area contributed by atoms with Crippen LogP contribution in [0.15, 0.2) is 18.2 Å². The van der Waals surface area contributed by atoms with Gasteiger partial charge in [0.05, 0.1) is 6.54 Å². The van der Waals surface area contributed by atoms with E-state index in [9.17, 15) is 9.59 Å². The molecule has 0 radical (unpaired) electrons. The number of rotatable bonds is 4. The Morgan fingerprint density at radius 3 is 2.95 bits per heavy atom. The number of amides is 2. The second-order valence-corrected chi connectivity index (χ2v) is 5.13. The van der Waals surface area contributed by atoms with Crippen LogP contribution >= 0.6 is 0 Å². The highest BCUT2D eigenvalue weighted by Crippen LogP contribution is 2.29. The largest absolute Gasteiger partial charge is 0.491 e. The van der Waals surface area contributed by atoms with Gasteiger partial charge < -0.3 is 15.0 Å². The summed E-state index contributed by atoms with van der Waals surface area (Å²) in [6, 6.07) is 5.61. The van der Waals surface area contributed by atoms with E-state index < -0.39 is 0 Å². The van der Waals surface area contributed by atoms with E-state index >= 15 is 0 Å². The number of carbonyl (C=O) groups excluding carboxylic acids is 2. The van der Waals surface area contributed by atoms with E-state index in [1.54, 1.807) is 4.90 Å².